The highest BCUT2D eigenvalue weighted by molar-refractivity contribution is 9.10. The predicted octanol–water partition coefficient (Wildman–Crippen LogP) is 3.83. The lowest BCUT2D eigenvalue weighted by atomic mass is 10.1. The van der Waals surface area contributed by atoms with E-state index >= 15 is 0 Å². The van der Waals surface area contributed by atoms with Crippen molar-refractivity contribution in [2.45, 2.75) is 13.5 Å². The first-order valence-electron chi connectivity index (χ1n) is 7.61. The van der Waals surface area contributed by atoms with Gasteiger partial charge in [0.05, 0.1) is 14.2 Å². The fraction of sp³-hybridized carbons (Fsp3) is 0.278. The summed E-state index contributed by atoms with van der Waals surface area (Å²) in [6.07, 6.45) is 0. The van der Waals surface area contributed by atoms with Gasteiger partial charge in [0, 0.05) is 17.8 Å². The summed E-state index contributed by atoms with van der Waals surface area (Å²) < 4.78 is 11.2. The lowest BCUT2D eigenvalue weighted by Gasteiger charge is -2.12. The van der Waals surface area contributed by atoms with Gasteiger partial charge in [-0.3, -0.25) is 4.79 Å². The summed E-state index contributed by atoms with van der Waals surface area (Å²) >= 11 is 3.40. The lowest BCUT2D eigenvalue weighted by molar-refractivity contribution is 0.102. The zero-order chi connectivity index (χ0) is 17.5. The number of nitrogens with one attached hydrogen (secondary N) is 2. The molecule has 6 heteroatoms. The van der Waals surface area contributed by atoms with E-state index in [-0.39, 0.29) is 5.91 Å². The van der Waals surface area contributed by atoms with Gasteiger partial charge in [-0.1, -0.05) is 19.1 Å². The molecule has 0 atom stereocenters. The molecule has 2 aromatic carbocycles. The van der Waals surface area contributed by atoms with Gasteiger partial charge in [0.25, 0.3) is 5.91 Å². The van der Waals surface area contributed by atoms with E-state index < -0.39 is 0 Å². The number of methoxy groups -OCH3 is 2. The van der Waals surface area contributed by atoms with E-state index in [0.717, 1.165) is 24.3 Å². The highest BCUT2D eigenvalue weighted by Gasteiger charge is 2.15. The van der Waals surface area contributed by atoms with Crippen LogP contribution < -0.4 is 20.1 Å². The van der Waals surface area contributed by atoms with Crippen molar-refractivity contribution in [2.24, 2.45) is 0 Å². The van der Waals surface area contributed by atoms with E-state index in [4.69, 9.17) is 9.47 Å². The van der Waals surface area contributed by atoms with Gasteiger partial charge in [0.1, 0.15) is 16.0 Å². The Morgan fingerprint density at radius 1 is 1.12 bits per heavy atom. The molecule has 128 valence electrons. The summed E-state index contributed by atoms with van der Waals surface area (Å²) in [5, 5.41) is 6.17. The average Bonchev–Trinajstić information content (AvgIpc) is 2.60. The van der Waals surface area contributed by atoms with E-state index in [1.165, 1.54) is 0 Å². The summed E-state index contributed by atoms with van der Waals surface area (Å²) in [7, 11) is 3.09. The fourth-order valence-electron chi connectivity index (χ4n) is 2.23. The average molecular weight is 393 g/mol. The van der Waals surface area contributed by atoms with Gasteiger partial charge in [0.15, 0.2) is 0 Å². The third-order valence-corrected chi connectivity index (χ3v) is 4.25. The molecule has 0 heterocycles. The molecule has 2 N–H and O–H groups in total. The molecule has 0 aliphatic heterocycles. The van der Waals surface area contributed by atoms with E-state index in [0.29, 0.717) is 21.5 Å². The molecule has 0 saturated carbocycles. The standard InChI is InChI=1S/C18H21BrN2O3/c1-4-20-11-12-6-5-7-14(8-12)21-18(22)13-9-15(23-2)17(19)16(10-13)24-3/h5-10,20H,4,11H2,1-3H3,(H,21,22). The number of ether oxygens (including phenoxy) is 2. The Morgan fingerprint density at radius 3 is 2.38 bits per heavy atom. The predicted molar refractivity (Wildman–Crippen MR) is 99.0 cm³/mol. The number of rotatable bonds is 7. The number of amides is 1. The maximum absolute atomic E-state index is 12.5. The summed E-state index contributed by atoms with van der Waals surface area (Å²) in [5.74, 6) is 0.862. The van der Waals surface area contributed by atoms with E-state index in [9.17, 15) is 4.79 Å². The molecule has 0 spiro atoms. The monoisotopic (exact) mass is 392 g/mol. The van der Waals surface area contributed by atoms with Gasteiger partial charge in [-0.2, -0.15) is 0 Å². The van der Waals surface area contributed by atoms with Crippen molar-refractivity contribution in [3.63, 3.8) is 0 Å². The van der Waals surface area contributed by atoms with Crippen LogP contribution in [-0.2, 0) is 6.54 Å². The molecular formula is C18H21BrN2O3. The molecular weight excluding hydrogens is 372 g/mol. The summed E-state index contributed by atoms with van der Waals surface area (Å²) in [6, 6.07) is 11.1. The number of halogens is 1. The Bertz CT molecular complexity index is 694. The van der Waals surface area contributed by atoms with E-state index in [1.54, 1.807) is 26.4 Å². The number of hydrogen-bond acceptors (Lipinski definition) is 4. The molecule has 1 amide bonds. The Balaban J connectivity index is 2.20. The first-order chi connectivity index (χ1) is 11.6. The second-order valence-corrected chi connectivity index (χ2v) is 5.92. The maximum atomic E-state index is 12.5. The molecule has 0 bridgehead atoms. The molecule has 0 fully saturated rings. The van der Waals surface area contributed by atoms with Crippen LogP contribution in [0.1, 0.15) is 22.8 Å². The number of hydrogen-bond donors (Lipinski definition) is 2. The SMILES string of the molecule is CCNCc1cccc(NC(=O)c2cc(OC)c(Br)c(OC)c2)c1. The van der Waals surface area contributed by atoms with Crippen LogP contribution in [0.5, 0.6) is 11.5 Å². The number of anilines is 1. The molecule has 24 heavy (non-hydrogen) atoms. The first-order valence-corrected chi connectivity index (χ1v) is 8.40. The van der Waals surface area contributed by atoms with Crippen LogP contribution in [-0.4, -0.2) is 26.7 Å². The first kappa shape index (κ1) is 18.3. The smallest absolute Gasteiger partial charge is 0.255 e. The second-order valence-electron chi connectivity index (χ2n) is 5.13. The maximum Gasteiger partial charge on any atom is 0.255 e. The number of benzene rings is 2. The molecule has 2 rings (SSSR count). The quantitative estimate of drug-likeness (QED) is 0.751. The van der Waals surface area contributed by atoms with E-state index in [1.807, 2.05) is 24.3 Å². The van der Waals surface area contributed by atoms with Gasteiger partial charge in [-0.05, 0) is 52.3 Å². The fourth-order valence-corrected chi connectivity index (χ4v) is 2.78. The Hall–Kier alpha value is -2.05. The van der Waals surface area contributed by atoms with Crippen LogP contribution in [0.15, 0.2) is 40.9 Å². The van der Waals surface area contributed by atoms with Crippen molar-refractivity contribution in [1.82, 2.24) is 5.32 Å². The minimum atomic E-state index is -0.222. The van der Waals surface area contributed by atoms with Crippen LogP contribution in [0.4, 0.5) is 5.69 Å². The molecule has 2 aromatic rings. The second kappa shape index (κ2) is 8.70. The number of carbonyl (C=O) groups excluding carboxylic acids is 1. The highest BCUT2D eigenvalue weighted by Crippen LogP contribution is 2.35. The molecule has 5 nitrogen and oxygen atoms in total. The largest absolute Gasteiger partial charge is 0.495 e. The third-order valence-electron chi connectivity index (χ3n) is 3.47. The van der Waals surface area contributed by atoms with Crippen LogP contribution in [0.3, 0.4) is 0 Å². The van der Waals surface area contributed by atoms with Crippen LogP contribution in [0.2, 0.25) is 0 Å². The molecule has 0 saturated heterocycles. The van der Waals surface area contributed by atoms with Crippen molar-refractivity contribution in [1.29, 1.82) is 0 Å². The van der Waals surface area contributed by atoms with Crippen molar-refractivity contribution in [2.75, 3.05) is 26.1 Å². The molecule has 0 aromatic heterocycles. The summed E-state index contributed by atoms with van der Waals surface area (Å²) in [6.45, 7) is 3.72. The van der Waals surface area contributed by atoms with Crippen molar-refractivity contribution in [3.8, 4) is 11.5 Å². The third kappa shape index (κ3) is 4.49. The normalized spacial score (nSPS) is 10.3. The van der Waals surface area contributed by atoms with Gasteiger partial charge in [-0.25, -0.2) is 0 Å². The minimum absolute atomic E-state index is 0.222. The van der Waals surface area contributed by atoms with Crippen molar-refractivity contribution < 1.29 is 14.3 Å². The molecule has 0 aliphatic rings. The topological polar surface area (TPSA) is 59.6 Å². The van der Waals surface area contributed by atoms with E-state index in [2.05, 4.69) is 33.5 Å². The minimum Gasteiger partial charge on any atom is -0.495 e. The zero-order valence-electron chi connectivity index (χ0n) is 14.0. The zero-order valence-corrected chi connectivity index (χ0v) is 15.6. The highest BCUT2D eigenvalue weighted by atomic mass is 79.9. The van der Waals surface area contributed by atoms with Gasteiger partial charge in [-0.15, -0.1) is 0 Å². The summed E-state index contributed by atoms with van der Waals surface area (Å²) in [4.78, 5) is 12.5. The Morgan fingerprint density at radius 2 is 1.79 bits per heavy atom. The van der Waals surface area contributed by atoms with Crippen LogP contribution >= 0.6 is 15.9 Å². The van der Waals surface area contributed by atoms with Crippen LogP contribution in [0.25, 0.3) is 0 Å². The van der Waals surface area contributed by atoms with Crippen molar-refractivity contribution in [3.05, 3.63) is 52.0 Å². The van der Waals surface area contributed by atoms with Crippen molar-refractivity contribution >= 4 is 27.5 Å². The molecule has 0 radical (unpaired) electrons. The van der Waals surface area contributed by atoms with Gasteiger partial charge >= 0.3 is 0 Å². The Kier molecular flexibility index (Phi) is 6.63. The van der Waals surface area contributed by atoms with Gasteiger partial charge in [0.2, 0.25) is 0 Å². The molecule has 0 aliphatic carbocycles. The Labute approximate surface area is 150 Å². The lowest BCUT2D eigenvalue weighted by Crippen LogP contribution is -2.14. The van der Waals surface area contributed by atoms with Gasteiger partial charge < -0.3 is 20.1 Å². The number of carbonyl (C=O) groups is 1. The summed E-state index contributed by atoms with van der Waals surface area (Å²) in [5.41, 5.74) is 2.32. The van der Waals surface area contributed by atoms with Crippen LogP contribution in [0, 0.1) is 0 Å². The molecule has 0 unspecified atom stereocenters.